The zero-order valence-electron chi connectivity index (χ0n) is 26.3. The third-order valence-corrected chi connectivity index (χ3v) is 8.85. The maximum Gasteiger partial charge on any atom is 0.514 e. The van der Waals surface area contributed by atoms with Gasteiger partial charge in [-0.3, -0.25) is 4.79 Å². The number of hydrogen-bond acceptors (Lipinski definition) is 7. The maximum atomic E-state index is 12.7. The summed E-state index contributed by atoms with van der Waals surface area (Å²) in [7, 11) is 3.31. The van der Waals surface area contributed by atoms with Crippen molar-refractivity contribution in [2.24, 2.45) is 5.92 Å². The fourth-order valence-corrected chi connectivity index (χ4v) is 6.28. The topological polar surface area (TPSA) is 80.3 Å². The molecule has 4 aromatic rings. The van der Waals surface area contributed by atoms with Crippen molar-refractivity contribution in [2.45, 2.75) is 57.5 Å². The zero-order valence-corrected chi connectivity index (χ0v) is 26.3. The van der Waals surface area contributed by atoms with Gasteiger partial charge in [0, 0.05) is 12.3 Å². The first-order chi connectivity index (χ1) is 21.8. The van der Waals surface area contributed by atoms with E-state index >= 15 is 0 Å². The molecule has 5 rings (SSSR count). The van der Waals surface area contributed by atoms with Crippen LogP contribution in [0.25, 0.3) is 0 Å². The SMILES string of the molecule is COc1ccc(Cc2ccc(OC(=O)OC3CCC(C(C)(c4ccc(OC)cc4)c4ccc(OC(C)=O)cc4)CC3)cc2)cc1. The van der Waals surface area contributed by atoms with E-state index in [1.807, 2.05) is 72.8 Å². The molecule has 0 spiro atoms. The van der Waals surface area contributed by atoms with Gasteiger partial charge in [0.05, 0.1) is 14.2 Å². The molecule has 0 bridgehead atoms. The van der Waals surface area contributed by atoms with Crippen molar-refractivity contribution in [2.75, 3.05) is 14.2 Å². The van der Waals surface area contributed by atoms with Gasteiger partial charge in [0.15, 0.2) is 0 Å². The third kappa shape index (κ3) is 7.85. The number of carbonyl (C=O) groups is 2. The van der Waals surface area contributed by atoms with Gasteiger partial charge in [0.25, 0.3) is 0 Å². The number of methoxy groups -OCH3 is 2. The van der Waals surface area contributed by atoms with Gasteiger partial charge in [0.1, 0.15) is 29.1 Å². The number of hydrogen-bond donors (Lipinski definition) is 0. The summed E-state index contributed by atoms with van der Waals surface area (Å²) in [6.45, 7) is 3.65. The third-order valence-electron chi connectivity index (χ3n) is 8.85. The van der Waals surface area contributed by atoms with Crippen molar-refractivity contribution < 1.29 is 33.3 Å². The molecule has 0 saturated heterocycles. The highest BCUT2D eigenvalue weighted by molar-refractivity contribution is 5.69. The van der Waals surface area contributed by atoms with E-state index in [0.717, 1.165) is 54.7 Å². The smallest absolute Gasteiger partial charge is 0.497 e. The predicted molar refractivity (Wildman–Crippen MR) is 172 cm³/mol. The Morgan fingerprint density at radius 3 is 1.51 bits per heavy atom. The minimum atomic E-state index is -0.680. The molecule has 1 aliphatic carbocycles. The molecule has 0 heterocycles. The second-order valence-corrected chi connectivity index (χ2v) is 11.7. The molecule has 0 aliphatic heterocycles. The zero-order chi connectivity index (χ0) is 31.8. The molecule has 0 radical (unpaired) electrons. The summed E-state index contributed by atoms with van der Waals surface area (Å²) < 4.78 is 27.2. The van der Waals surface area contributed by atoms with Crippen molar-refractivity contribution in [3.05, 3.63) is 119 Å². The van der Waals surface area contributed by atoms with E-state index in [1.165, 1.54) is 18.1 Å². The minimum Gasteiger partial charge on any atom is -0.497 e. The summed E-state index contributed by atoms with van der Waals surface area (Å²) in [6.07, 6.45) is 3.08. The van der Waals surface area contributed by atoms with Crippen molar-refractivity contribution in [1.29, 1.82) is 0 Å². The Hall–Kier alpha value is -4.78. The average Bonchev–Trinajstić information content (AvgIpc) is 3.06. The normalized spacial score (nSPS) is 17.4. The molecular formula is C38H40O7. The Labute approximate surface area is 265 Å². The number of benzene rings is 4. The second-order valence-electron chi connectivity index (χ2n) is 11.7. The van der Waals surface area contributed by atoms with Gasteiger partial charge < -0.3 is 23.7 Å². The molecule has 4 aromatic carbocycles. The highest BCUT2D eigenvalue weighted by Crippen LogP contribution is 2.46. The Bertz CT molecular complexity index is 1550. The van der Waals surface area contributed by atoms with Gasteiger partial charge in [0.2, 0.25) is 0 Å². The molecular weight excluding hydrogens is 568 g/mol. The molecule has 1 saturated carbocycles. The lowest BCUT2D eigenvalue weighted by Gasteiger charge is -2.42. The van der Waals surface area contributed by atoms with Gasteiger partial charge in [-0.25, -0.2) is 4.79 Å². The van der Waals surface area contributed by atoms with Gasteiger partial charge >= 0.3 is 12.1 Å². The fraction of sp³-hybridized carbons (Fsp3) is 0.316. The van der Waals surface area contributed by atoms with E-state index < -0.39 is 6.16 Å². The van der Waals surface area contributed by atoms with Crippen molar-refractivity contribution in [3.63, 3.8) is 0 Å². The van der Waals surface area contributed by atoms with Crippen molar-refractivity contribution in [3.8, 4) is 23.0 Å². The molecule has 1 fully saturated rings. The molecule has 0 aromatic heterocycles. The van der Waals surface area contributed by atoms with E-state index in [4.69, 9.17) is 23.7 Å². The van der Waals surface area contributed by atoms with Gasteiger partial charge in [-0.1, -0.05) is 55.5 Å². The lowest BCUT2D eigenvalue weighted by molar-refractivity contribution is -0.131. The van der Waals surface area contributed by atoms with Crippen LogP contribution in [0.5, 0.6) is 23.0 Å². The Morgan fingerprint density at radius 2 is 1.04 bits per heavy atom. The molecule has 234 valence electrons. The molecule has 7 heteroatoms. The Balaban J connectivity index is 1.20. The summed E-state index contributed by atoms with van der Waals surface area (Å²) in [6, 6.07) is 31.4. The van der Waals surface area contributed by atoms with Crippen LogP contribution in [0.2, 0.25) is 0 Å². The molecule has 1 unspecified atom stereocenters. The lowest BCUT2D eigenvalue weighted by atomic mass is 9.62. The standard InChI is InChI=1S/C38H40O7/c1-26(39)43-34-21-11-30(12-22-34)38(2,29-9-19-33(42-4)20-10-29)31-13-23-36(24-14-31)45-37(40)44-35-17-7-28(8-18-35)25-27-5-15-32(41-3)16-6-27/h5-12,15-22,31,36H,13-14,23-25H2,1-4H3. The fourth-order valence-electron chi connectivity index (χ4n) is 6.28. The van der Waals surface area contributed by atoms with E-state index in [1.54, 1.807) is 26.4 Å². The molecule has 7 nitrogen and oxygen atoms in total. The number of esters is 1. The van der Waals surface area contributed by atoms with Crippen LogP contribution in [0.1, 0.15) is 61.8 Å². The first kappa shape index (κ1) is 31.6. The van der Waals surface area contributed by atoms with Gasteiger partial charge in [-0.05, 0) is 109 Å². The summed E-state index contributed by atoms with van der Waals surface area (Å²) in [5.41, 5.74) is 4.26. The van der Waals surface area contributed by atoms with Gasteiger partial charge in [-0.15, -0.1) is 0 Å². The highest BCUT2D eigenvalue weighted by atomic mass is 16.7. The van der Waals surface area contributed by atoms with Crippen LogP contribution in [0, 0.1) is 5.92 Å². The first-order valence-electron chi connectivity index (χ1n) is 15.3. The summed E-state index contributed by atoms with van der Waals surface area (Å²) in [5, 5.41) is 0. The van der Waals surface area contributed by atoms with Crippen LogP contribution < -0.4 is 18.9 Å². The number of ether oxygens (including phenoxy) is 5. The van der Waals surface area contributed by atoms with Crippen LogP contribution >= 0.6 is 0 Å². The largest absolute Gasteiger partial charge is 0.514 e. The van der Waals surface area contributed by atoms with E-state index in [-0.39, 0.29) is 17.5 Å². The number of carbonyl (C=O) groups excluding carboxylic acids is 2. The number of rotatable bonds is 10. The molecule has 0 amide bonds. The quantitative estimate of drug-likeness (QED) is 0.102. The minimum absolute atomic E-state index is 0.213. The van der Waals surface area contributed by atoms with Crippen LogP contribution in [0.15, 0.2) is 97.1 Å². The molecule has 1 aliphatic rings. The van der Waals surface area contributed by atoms with Crippen LogP contribution in [-0.4, -0.2) is 32.4 Å². The van der Waals surface area contributed by atoms with Crippen molar-refractivity contribution in [1.82, 2.24) is 0 Å². The maximum absolute atomic E-state index is 12.7. The molecule has 0 N–H and O–H groups in total. The first-order valence-corrected chi connectivity index (χ1v) is 15.3. The molecule has 1 atom stereocenters. The van der Waals surface area contributed by atoms with Crippen LogP contribution in [-0.2, 0) is 21.4 Å². The molecule has 45 heavy (non-hydrogen) atoms. The van der Waals surface area contributed by atoms with E-state index in [2.05, 4.69) is 19.1 Å². The van der Waals surface area contributed by atoms with Crippen LogP contribution in [0.3, 0.4) is 0 Å². The van der Waals surface area contributed by atoms with Crippen molar-refractivity contribution >= 4 is 12.1 Å². The van der Waals surface area contributed by atoms with Gasteiger partial charge in [-0.2, -0.15) is 0 Å². The second kappa shape index (κ2) is 14.3. The summed E-state index contributed by atoms with van der Waals surface area (Å²) in [5.74, 6) is 2.54. The summed E-state index contributed by atoms with van der Waals surface area (Å²) >= 11 is 0. The Kier molecular flexibility index (Phi) is 10.1. The van der Waals surface area contributed by atoms with E-state index in [0.29, 0.717) is 17.4 Å². The predicted octanol–water partition coefficient (Wildman–Crippen LogP) is 8.30. The average molecular weight is 609 g/mol. The van der Waals surface area contributed by atoms with E-state index in [9.17, 15) is 9.59 Å². The van der Waals surface area contributed by atoms with Crippen LogP contribution in [0.4, 0.5) is 4.79 Å². The highest BCUT2D eigenvalue weighted by Gasteiger charge is 2.40. The summed E-state index contributed by atoms with van der Waals surface area (Å²) in [4.78, 5) is 24.1. The lowest BCUT2D eigenvalue weighted by Crippen LogP contribution is -2.38. The monoisotopic (exact) mass is 608 g/mol. The Morgan fingerprint density at radius 1 is 0.622 bits per heavy atom.